The minimum atomic E-state index is -0.989. The van der Waals surface area contributed by atoms with Crippen molar-refractivity contribution in [1.29, 1.82) is 0 Å². The van der Waals surface area contributed by atoms with Gasteiger partial charge in [-0.25, -0.2) is 4.79 Å². The topological polar surface area (TPSA) is 105 Å². The monoisotopic (exact) mass is 390 g/mol. The minimum absolute atomic E-state index is 0.0274. The van der Waals surface area contributed by atoms with Gasteiger partial charge in [-0.2, -0.15) is 5.10 Å². The van der Waals surface area contributed by atoms with Crippen molar-refractivity contribution >= 4 is 17.8 Å². The summed E-state index contributed by atoms with van der Waals surface area (Å²) in [6, 6.07) is -0.427. The molecule has 1 saturated carbocycles. The summed E-state index contributed by atoms with van der Waals surface area (Å²) in [7, 11) is 0. The average molecular weight is 390 g/mol. The molecule has 2 aliphatic rings. The van der Waals surface area contributed by atoms with Crippen LogP contribution in [0.2, 0.25) is 0 Å². The molecule has 1 unspecified atom stereocenters. The third-order valence-electron chi connectivity index (χ3n) is 5.95. The van der Waals surface area contributed by atoms with Crippen molar-refractivity contribution in [3.8, 4) is 0 Å². The Morgan fingerprint density at radius 2 is 1.86 bits per heavy atom. The number of nitrogens with zero attached hydrogens (tertiary/aromatic N) is 3. The van der Waals surface area contributed by atoms with Crippen LogP contribution in [0.25, 0.3) is 0 Å². The summed E-state index contributed by atoms with van der Waals surface area (Å²) in [6.45, 7) is 2.91. The van der Waals surface area contributed by atoms with E-state index in [1.807, 2.05) is 0 Å². The lowest BCUT2D eigenvalue weighted by molar-refractivity contribution is -0.137. The number of hydrogen-bond acceptors (Lipinski definition) is 4. The normalized spacial score (nSPS) is 20.0. The van der Waals surface area contributed by atoms with E-state index < -0.39 is 12.0 Å². The van der Waals surface area contributed by atoms with E-state index in [2.05, 4.69) is 10.4 Å². The Balaban J connectivity index is 1.44. The Morgan fingerprint density at radius 3 is 2.46 bits per heavy atom. The van der Waals surface area contributed by atoms with Gasteiger partial charge in [0.15, 0.2) is 0 Å². The summed E-state index contributed by atoms with van der Waals surface area (Å²) in [5.41, 5.74) is 0.174. The van der Waals surface area contributed by atoms with E-state index in [4.69, 9.17) is 5.11 Å². The lowest BCUT2D eigenvalue weighted by Crippen LogP contribution is -2.49. The Kier molecular flexibility index (Phi) is 6.70. The fourth-order valence-electron chi connectivity index (χ4n) is 4.29. The first kappa shape index (κ1) is 20.4. The SMILES string of the molecule is CC(NC(=O)CC1CCCCC1)C(=O)N1CCC(n2cc(C(=O)O)cn2)CC1. The predicted octanol–water partition coefficient (Wildman–Crippen LogP) is 2.22. The zero-order chi connectivity index (χ0) is 20.1. The number of carboxylic acid groups (broad SMARTS) is 1. The van der Waals surface area contributed by atoms with Crippen molar-refractivity contribution in [3.05, 3.63) is 18.0 Å². The molecule has 3 rings (SSSR count). The van der Waals surface area contributed by atoms with Crippen LogP contribution in [0.5, 0.6) is 0 Å². The van der Waals surface area contributed by atoms with E-state index in [-0.39, 0.29) is 23.4 Å². The Hall–Kier alpha value is -2.38. The summed E-state index contributed by atoms with van der Waals surface area (Å²) >= 11 is 0. The van der Waals surface area contributed by atoms with Crippen LogP contribution in [0.4, 0.5) is 0 Å². The summed E-state index contributed by atoms with van der Waals surface area (Å²) in [5, 5.41) is 16.0. The van der Waals surface area contributed by atoms with Gasteiger partial charge in [-0.1, -0.05) is 19.3 Å². The molecule has 1 aliphatic heterocycles. The second-order valence-corrected chi connectivity index (χ2v) is 8.07. The van der Waals surface area contributed by atoms with Gasteiger partial charge in [0, 0.05) is 25.7 Å². The molecule has 1 aromatic heterocycles. The van der Waals surface area contributed by atoms with Gasteiger partial charge in [0.25, 0.3) is 0 Å². The molecule has 2 amide bonds. The first-order chi connectivity index (χ1) is 13.4. The van der Waals surface area contributed by atoms with Crippen LogP contribution in [0.3, 0.4) is 0 Å². The van der Waals surface area contributed by atoms with Gasteiger partial charge in [-0.05, 0) is 38.5 Å². The number of aromatic nitrogens is 2. The zero-order valence-electron chi connectivity index (χ0n) is 16.5. The van der Waals surface area contributed by atoms with E-state index >= 15 is 0 Å². The van der Waals surface area contributed by atoms with Gasteiger partial charge in [0.05, 0.1) is 17.8 Å². The van der Waals surface area contributed by atoms with E-state index in [1.54, 1.807) is 22.7 Å². The van der Waals surface area contributed by atoms with Crippen LogP contribution in [-0.4, -0.2) is 56.7 Å². The van der Waals surface area contributed by atoms with Crippen molar-refractivity contribution in [2.75, 3.05) is 13.1 Å². The third-order valence-corrected chi connectivity index (χ3v) is 5.95. The molecule has 0 bridgehead atoms. The van der Waals surface area contributed by atoms with Crippen molar-refractivity contribution < 1.29 is 19.5 Å². The first-order valence-corrected chi connectivity index (χ1v) is 10.3. The number of carbonyl (C=O) groups is 3. The molecule has 1 aromatic rings. The number of piperidine rings is 1. The standard InChI is InChI=1S/C20H30N4O4/c1-14(22-18(25)11-15-5-3-2-4-6-15)19(26)23-9-7-17(8-10-23)24-13-16(12-21-24)20(27)28/h12-15,17H,2-11H2,1H3,(H,22,25)(H,27,28). The second-order valence-electron chi connectivity index (χ2n) is 8.07. The van der Waals surface area contributed by atoms with E-state index in [9.17, 15) is 14.4 Å². The number of amides is 2. The molecule has 2 heterocycles. The highest BCUT2D eigenvalue weighted by molar-refractivity contribution is 5.87. The van der Waals surface area contributed by atoms with Crippen molar-refractivity contribution in [1.82, 2.24) is 20.0 Å². The van der Waals surface area contributed by atoms with Crippen LogP contribution in [0, 0.1) is 5.92 Å². The number of likely N-dealkylation sites (tertiary alicyclic amines) is 1. The molecule has 2 fully saturated rings. The molecule has 0 radical (unpaired) electrons. The van der Waals surface area contributed by atoms with Gasteiger partial charge < -0.3 is 15.3 Å². The number of carboxylic acids is 1. The highest BCUT2D eigenvalue weighted by Gasteiger charge is 2.28. The fraction of sp³-hybridized carbons (Fsp3) is 0.700. The van der Waals surface area contributed by atoms with Crippen molar-refractivity contribution in [2.24, 2.45) is 5.92 Å². The van der Waals surface area contributed by atoms with Crippen LogP contribution >= 0.6 is 0 Å². The van der Waals surface area contributed by atoms with E-state index in [0.29, 0.717) is 25.4 Å². The van der Waals surface area contributed by atoms with Crippen molar-refractivity contribution in [2.45, 2.75) is 70.4 Å². The largest absolute Gasteiger partial charge is 0.478 e. The van der Waals surface area contributed by atoms with E-state index in [1.165, 1.54) is 25.5 Å². The quantitative estimate of drug-likeness (QED) is 0.775. The maximum atomic E-state index is 12.7. The van der Waals surface area contributed by atoms with Crippen LogP contribution in [0.15, 0.2) is 12.4 Å². The Morgan fingerprint density at radius 1 is 1.18 bits per heavy atom. The predicted molar refractivity (Wildman–Crippen MR) is 103 cm³/mol. The van der Waals surface area contributed by atoms with Crippen LogP contribution < -0.4 is 5.32 Å². The molecule has 0 spiro atoms. The smallest absolute Gasteiger partial charge is 0.338 e. The molecule has 154 valence electrons. The highest BCUT2D eigenvalue weighted by atomic mass is 16.4. The van der Waals surface area contributed by atoms with E-state index in [0.717, 1.165) is 25.7 Å². The fourth-order valence-corrected chi connectivity index (χ4v) is 4.29. The Bertz CT molecular complexity index is 703. The molecule has 0 aromatic carbocycles. The molecule has 28 heavy (non-hydrogen) atoms. The van der Waals surface area contributed by atoms with Crippen LogP contribution in [0.1, 0.15) is 74.7 Å². The Labute approximate surface area is 165 Å². The molecule has 1 aliphatic carbocycles. The minimum Gasteiger partial charge on any atom is -0.478 e. The van der Waals surface area contributed by atoms with Gasteiger partial charge in [0.1, 0.15) is 6.04 Å². The van der Waals surface area contributed by atoms with Gasteiger partial charge in [0.2, 0.25) is 11.8 Å². The number of rotatable bonds is 6. The second kappa shape index (κ2) is 9.21. The van der Waals surface area contributed by atoms with Gasteiger partial charge in [-0.15, -0.1) is 0 Å². The molecular formula is C20H30N4O4. The molecule has 8 heteroatoms. The maximum absolute atomic E-state index is 12.7. The molecule has 1 saturated heterocycles. The van der Waals surface area contributed by atoms with Crippen molar-refractivity contribution in [3.63, 3.8) is 0 Å². The molecule has 8 nitrogen and oxygen atoms in total. The van der Waals surface area contributed by atoms with Gasteiger partial charge >= 0.3 is 5.97 Å². The lowest BCUT2D eigenvalue weighted by Gasteiger charge is -2.34. The molecule has 1 atom stereocenters. The number of carbonyl (C=O) groups excluding carboxylic acids is 2. The average Bonchev–Trinajstić information content (AvgIpc) is 3.19. The number of aromatic carboxylic acids is 1. The number of nitrogens with one attached hydrogen (secondary N) is 1. The highest BCUT2D eigenvalue weighted by Crippen LogP contribution is 2.26. The van der Waals surface area contributed by atoms with Gasteiger partial charge in [-0.3, -0.25) is 14.3 Å². The first-order valence-electron chi connectivity index (χ1n) is 10.3. The third kappa shape index (κ3) is 5.11. The summed E-state index contributed by atoms with van der Waals surface area (Å²) < 4.78 is 1.68. The zero-order valence-corrected chi connectivity index (χ0v) is 16.5. The summed E-state index contributed by atoms with van der Waals surface area (Å²) in [5.74, 6) is -0.615. The number of hydrogen-bond donors (Lipinski definition) is 2. The molecular weight excluding hydrogens is 360 g/mol. The molecule has 2 N–H and O–H groups in total. The van der Waals surface area contributed by atoms with Crippen LogP contribution in [-0.2, 0) is 9.59 Å². The maximum Gasteiger partial charge on any atom is 0.338 e. The summed E-state index contributed by atoms with van der Waals surface area (Å²) in [4.78, 5) is 37.7. The lowest BCUT2D eigenvalue weighted by atomic mass is 9.87. The summed E-state index contributed by atoms with van der Waals surface area (Å²) in [6.07, 6.45) is 10.7.